The number of rotatable bonds is 2. The number of hydrogen-bond acceptors (Lipinski definition) is 2. The van der Waals surface area contributed by atoms with E-state index < -0.39 is 11.7 Å². The third kappa shape index (κ3) is 1.81. The van der Waals surface area contributed by atoms with Gasteiger partial charge in [-0.25, -0.2) is 4.39 Å². The van der Waals surface area contributed by atoms with Crippen LogP contribution in [0.15, 0.2) is 48.5 Å². The number of amides is 1. The smallest absolute Gasteiger partial charge is 0.299 e. The van der Waals surface area contributed by atoms with Crippen LogP contribution in [0.4, 0.5) is 10.1 Å². The standard InChI is InChI=1S/C15H10FNO2/c16-12-7-3-1-5-10(12)9-17-13-8-4-2-6-11(13)14(18)15(17)19/h1-8H,9H2. The summed E-state index contributed by atoms with van der Waals surface area (Å²) in [5.41, 5.74) is 1.31. The lowest BCUT2D eigenvalue weighted by Gasteiger charge is -2.16. The first-order valence-corrected chi connectivity index (χ1v) is 5.87. The molecule has 0 saturated carbocycles. The summed E-state index contributed by atoms with van der Waals surface area (Å²) in [4.78, 5) is 25.0. The van der Waals surface area contributed by atoms with Gasteiger partial charge in [0.2, 0.25) is 0 Å². The Kier molecular flexibility index (Phi) is 2.63. The molecule has 0 atom stereocenters. The second-order valence-corrected chi connectivity index (χ2v) is 4.33. The number of fused-ring (bicyclic) bond motifs is 1. The van der Waals surface area contributed by atoms with Gasteiger partial charge in [-0.2, -0.15) is 0 Å². The first-order valence-electron chi connectivity index (χ1n) is 5.87. The molecular weight excluding hydrogens is 245 g/mol. The molecule has 1 amide bonds. The minimum absolute atomic E-state index is 0.0637. The number of anilines is 1. The van der Waals surface area contributed by atoms with Crippen LogP contribution in [0.1, 0.15) is 15.9 Å². The molecule has 0 aromatic heterocycles. The molecule has 0 spiro atoms. The zero-order chi connectivity index (χ0) is 13.4. The van der Waals surface area contributed by atoms with E-state index in [0.29, 0.717) is 16.8 Å². The number of nitrogens with zero attached hydrogens (tertiary/aromatic N) is 1. The first-order chi connectivity index (χ1) is 9.18. The van der Waals surface area contributed by atoms with Gasteiger partial charge in [-0.15, -0.1) is 0 Å². The number of hydrogen-bond donors (Lipinski definition) is 0. The molecule has 94 valence electrons. The summed E-state index contributed by atoms with van der Waals surface area (Å²) in [7, 11) is 0. The monoisotopic (exact) mass is 255 g/mol. The molecule has 4 heteroatoms. The van der Waals surface area contributed by atoms with Crippen LogP contribution in [0.3, 0.4) is 0 Å². The Hall–Kier alpha value is -2.49. The van der Waals surface area contributed by atoms with Crippen molar-refractivity contribution in [3.63, 3.8) is 0 Å². The van der Waals surface area contributed by atoms with Crippen LogP contribution < -0.4 is 4.90 Å². The fourth-order valence-corrected chi connectivity index (χ4v) is 2.20. The van der Waals surface area contributed by atoms with E-state index in [2.05, 4.69) is 0 Å². The predicted molar refractivity (Wildman–Crippen MR) is 68.4 cm³/mol. The summed E-state index contributed by atoms with van der Waals surface area (Å²) < 4.78 is 13.6. The molecule has 0 unspecified atom stereocenters. The van der Waals surface area contributed by atoms with Crippen molar-refractivity contribution in [2.45, 2.75) is 6.54 Å². The second kappa shape index (κ2) is 4.31. The average molecular weight is 255 g/mol. The molecule has 0 fully saturated rings. The molecule has 0 N–H and O–H groups in total. The Morgan fingerprint density at radius 1 is 0.947 bits per heavy atom. The zero-order valence-electron chi connectivity index (χ0n) is 9.97. The van der Waals surface area contributed by atoms with Gasteiger partial charge in [-0.3, -0.25) is 9.59 Å². The number of halogens is 1. The van der Waals surface area contributed by atoms with Gasteiger partial charge in [0.05, 0.1) is 17.8 Å². The fraction of sp³-hybridized carbons (Fsp3) is 0.0667. The van der Waals surface area contributed by atoms with Gasteiger partial charge in [0.25, 0.3) is 11.7 Å². The van der Waals surface area contributed by atoms with Crippen molar-refractivity contribution in [3.05, 3.63) is 65.5 Å². The highest BCUT2D eigenvalue weighted by molar-refractivity contribution is 6.52. The first kappa shape index (κ1) is 11.6. The lowest BCUT2D eigenvalue weighted by atomic mass is 10.1. The summed E-state index contributed by atoms with van der Waals surface area (Å²) in [6.45, 7) is 0.0637. The maximum Gasteiger partial charge on any atom is 0.299 e. The van der Waals surface area contributed by atoms with Gasteiger partial charge >= 0.3 is 0 Å². The van der Waals surface area contributed by atoms with Crippen LogP contribution in [0.25, 0.3) is 0 Å². The molecule has 1 aliphatic heterocycles. The molecule has 19 heavy (non-hydrogen) atoms. The lowest BCUT2D eigenvalue weighted by Crippen LogP contribution is -2.29. The Balaban J connectivity index is 2.01. The molecule has 2 aromatic carbocycles. The van der Waals surface area contributed by atoms with Crippen LogP contribution in [0, 0.1) is 5.82 Å². The minimum atomic E-state index is -0.607. The van der Waals surface area contributed by atoms with E-state index in [1.165, 1.54) is 11.0 Å². The minimum Gasteiger partial charge on any atom is -0.300 e. The highest BCUT2D eigenvalue weighted by Gasteiger charge is 2.35. The van der Waals surface area contributed by atoms with Gasteiger partial charge < -0.3 is 4.90 Å². The largest absolute Gasteiger partial charge is 0.300 e. The van der Waals surface area contributed by atoms with Gasteiger partial charge in [0, 0.05) is 5.56 Å². The van der Waals surface area contributed by atoms with Crippen LogP contribution in [-0.4, -0.2) is 11.7 Å². The molecule has 0 saturated heterocycles. The van der Waals surface area contributed by atoms with E-state index in [1.54, 1.807) is 42.5 Å². The van der Waals surface area contributed by atoms with E-state index in [0.717, 1.165) is 0 Å². The maximum absolute atomic E-state index is 13.6. The molecule has 0 aliphatic carbocycles. The Morgan fingerprint density at radius 2 is 1.63 bits per heavy atom. The van der Waals surface area contributed by atoms with Gasteiger partial charge in [0.1, 0.15) is 5.82 Å². The number of benzene rings is 2. The maximum atomic E-state index is 13.6. The van der Waals surface area contributed by atoms with Crippen LogP contribution >= 0.6 is 0 Å². The molecule has 2 aromatic rings. The Labute approximate surface area is 109 Å². The van der Waals surface area contributed by atoms with Crippen molar-refractivity contribution in [2.24, 2.45) is 0 Å². The molecule has 1 heterocycles. The van der Waals surface area contributed by atoms with Gasteiger partial charge in [0.15, 0.2) is 0 Å². The summed E-state index contributed by atoms with van der Waals surface area (Å²) in [6, 6.07) is 13.0. The van der Waals surface area contributed by atoms with Gasteiger partial charge in [-0.05, 0) is 18.2 Å². The lowest BCUT2D eigenvalue weighted by molar-refractivity contribution is -0.114. The van der Waals surface area contributed by atoms with E-state index in [1.807, 2.05) is 0 Å². The van der Waals surface area contributed by atoms with Crippen molar-refractivity contribution >= 4 is 17.4 Å². The Bertz CT molecular complexity index is 681. The van der Waals surface area contributed by atoms with E-state index in [4.69, 9.17) is 0 Å². The normalized spacial score (nSPS) is 13.8. The van der Waals surface area contributed by atoms with E-state index in [-0.39, 0.29) is 12.4 Å². The molecule has 3 nitrogen and oxygen atoms in total. The summed E-state index contributed by atoms with van der Waals surface area (Å²) in [6.07, 6.45) is 0. The number of Topliss-reactive ketones (excluding diaryl/α,β-unsaturated/α-hetero) is 1. The molecular formula is C15H10FNO2. The second-order valence-electron chi connectivity index (χ2n) is 4.33. The summed E-state index contributed by atoms with van der Waals surface area (Å²) in [5.74, 6) is -1.52. The average Bonchev–Trinajstić information content (AvgIpc) is 2.67. The zero-order valence-corrected chi connectivity index (χ0v) is 9.97. The van der Waals surface area contributed by atoms with Crippen molar-refractivity contribution in [1.82, 2.24) is 0 Å². The number of ketones is 1. The Morgan fingerprint density at radius 3 is 2.42 bits per heavy atom. The van der Waals surface area contributed by atoms with Crippen molar-refractivity contribution in [2.75, 3.05) is 4.90 Å². The van der Waals surface area contributed by atoms with Crippen molar-refractivity contribution < 1.29 is 14.0 Å². The SMILES string of the molecule is O=C1C(=O)N(Cc2ccccc2F)c2ccccc21. The molecule has 0 bridgehead atoms. The number of carbonyl (C=O) groups excluding carboxylic acids is 2. The van der Waals surface area contributed by atoms with E-state index >= 15 is 0 Å². The summed E-state index contributed by atoms with van der Waals surface area (Å²) >= 11 is 0. The van der Waals surface area contributed by atoms with E-state index in [9.17, 15) is 14.0 Å². The van der Waals surface area contributed by atoms with Gasteiger partial charge in [-0.1, -0.05) is 30.3 Å². The van der Waals surface area contributed by atoms with Crippen LogP contribution in [0.2, 0.25) is 0 Å². The molecule has 1 aliphatic rings. The molecule has 3 rings (SSSR count). The topological polar surface area (TPSA) is 37.4 Å². The summed E-state index contributed by atoms with van der Waals surface area (Å²) in [5, 5.41) is 0. The predicted octanol–water partition coefficient (Wildman–Crippen LogP) is 2.56. The van der Waals surface area contributed by atoms with Crippen molar-refractivity contribution in [1.29, 1.82) is 0 Å². The molecule has 0 radical (unpaired) electrons. The van der Waals surface area contributed by atoms with Crippen LogP contribution in [-0.2, 0) is 11.3 Å². The van der Waals surface area contributed by atoms with Crippen molar-refractivity contribution in [3.8, 4) is 0 Å². The third-order valence-corrected chi connectivity index (χ3v) is 3.17. The fourth-order valence-electron chi connectivity index (χ4n) is 2.20. The number of carbonyl (C=O) groups is 2. The third-order valence-electron chi connectivity index (χ3n) is 3.17. The highest BCUT2D eigenvalue weighted by Crippen LogP contribution is 2.30. The highest BCUT2D eigenvalue weighted by atomic mass is 19.1. The number of para-hydroxylation sites is 1. The quantitative estimate of drug-likeness (QED) is 0.773. The van der Waals surface area contributed by atoms with Crippen LogP contribution in [0.5, 0.6) is 0 Å².